The summed E-state index contributed by atoms with van der Waals surface area (Å²) in [5.74, 6) is -0.103. The van der Waals surface area contributed by atoms with E-state index < -0.39 is 12.0 Å². The van der Waals surface area contributed by atoms with Crippen molar-refractivity contribution in [2.75, 3.05) is 0 Å². The van der Waals surface area contributed by atoms with Gasteiger partial charge in [-0.3, -0.25) is 4.79 Å². The van der Waals surface area contributed by atoms with E-state index in [2.05, 4.69) is 10.3 Å². The predicted molar refractivity (Wildman–Crippen MR) is 68.5 cm³/mol. The molecule has 2 rings (SSSR count). The lowest BCUT2D eigenvalue weighted by Gasteiger charge is -2.14. The minimum absolute atomic E-state index is 0.112. The summed E-state index contributed by atoms with van der Waals surface area (Å²) in [5, 5.41) is 11.6. The number of aryl methyl sites for hydroxylation is 2. The van der Waals surface area contributed by atoms with Crippen molar-refractivity contribution in [3.63, 3.8) is 0 Å². The van der Waals surface area contributed by atoms with E-state index in [1.54, 1.807) is 6.20 Å². The van der Waals surface area contributed by atoms with Gasteiger partial charge >= 0.3 is 5.97 Å². The highest BCUT2D eigenvalue weighted by molar-refractivity contribution is 5.83. The van der Waals surface area contributed by atoms with E-state index in [0.717, 1.165) is 25.1 Å². The summed E-state index contributed by atoms with van der Waals surface area (Å²) in [4.78, 5) is 27.0. The third-order valence-corrected chi connectivity index (χ3v) is 3.37. The Kier molecular flexibility index (Phi) is 4.19. The van der Waals surface area contributed by atoms with Gasteiger partial charge in [-0.1, -0.05) is 6.92 Å². The quantitative estimate of drug-likeness (QED) is 0.764. The summed E-state index contributed by atoms with van der Waals surface area (Å²) in [6, 6.07) is -0.721. The number of carboxylic acid groups (broad SMARTS) is 1. The molecule has 1 aromatic heterocycles. The van der Waals surface area contributed by atoms with Crippen molar-refractivity contribution in [2.24, 2.45) is 5.92 Å². The van der Waals surface area contributed by atoms with Gasteiger partial charge in [0.15, 0.2) is 0 Å². The number of hydrogen-bond donors (Lipinski definition) is 2. The molecule has 1 fully saturated rings. The highest BCUT2D eigenvalue weighted by Crippen LogP contribution is 2.32. The Bertz CT molecular complexity index is 465. The molecule has 0 bridgehead atoms. The molecule has 0 aliphatic heterocycles. The average Bonchev–Trinajstić information content (AvgIpc) is 3.11. The highest BCUT2D eigenvalue weighted by Gasteiger charge is 2.37. The van der Waals surface area contributed by atoms with Crippen molar-refractivity contribution < 1.29 is 14.7 Å². The van der Waals surface area contributed by atoms with E-state index in [4.69, 9.17) is 5.11 Å². The van der Waals surface area contributed by atoms with E-state index in [-0.39, 0.29) is 18.2 Å². The maximum absolute atomic E-state index is 11.8. The summed E-state index contributed by atoms with van der Waals surface area (Å²) in [6.45, 7) is 2.54. The molecule has 6 nitrogen and oxygen atoms in total. The number of hydrogen-bond acceptors (Lipinski definition) is 3. The van der Waals surface area contributed by atoms with Crippen LogP contribution in [-0.4, -0.2) is 32.6 Å². The zero-order chi connectivity index (χ0) is 13.8. The van der Waals surface area contributed by atoms with Crippen molar-refractivity contribution in [3.05, 3.63) is 18.2 Å². The SMILES string of the molecule is CCc1nccn1CCC(=O)N[C@H](C(=O)O)C1CC1. The van der Waals surface area contributed by atoms with Crippen LogP contribution in [0.2, 0.25) is 0 Å². The van der Waals surface area contributed by atoms with Crippen molar-refractivity contribution in [1.82, 2.24) is 14.9 Å². The highest BCUT2D eigenvalue weighted by atomic mass is 16.4. The van der Waals surface area contributed by atoms with Crippen molar-refractivity contribution in [3.8, 4) is 0 Å². The van der Waals surface area contributed by atoms with Gasteiger partial charge in [0.1, 0.15) is 11.9 Å². The maximum atomic E-state index is 11.8. The molecule has 1 aromatic rings. The largest absolute Gasteiger partial charge is 0.480 e. The van der Waals surface area contributed by atoms with E-state index in [0.29, 0.717) is 6.54 Å². The zero-order valence-electron chi connectivity index (χ0n) is 11.0. The first kappa shape index (κ1) is 13.6. The van der Waals surface area contributed by atoms with Crippen LogP contribution in [0.1, 0.15) is 32.0 Å². The number of aromatic nitrogens is 2. The molecule has 6 heteroatoms. The molecule has 0 spiro atoms. The smallest absolute Gasteiger partial charge is 0.326 e. The number of rotatable bonds is 7. The first-order valence-corrected chi connectivity index (χ1v) is 6.64. The molecule has 1 amide bonds. The number of carbonyl (C=O) groups excluding carboxylic acids is 1. The monoisotopic (exact) mass is 265 g/mol. The topological polar surface area (TPSA) is 84.2 Å². The number of nitrogens with one attached hydrogen (secondary N) is 1. The number of imidazole rings is 1. The van der Waals surface area contributed by atoms with Gasteiger partial charge in [0.25, 0.3) is 0 Å². The molecule has 1 heterocycles. The van der Waals surface area contributed by atoms with Crippen LogP contribution in [0.15, 0.2) is 12.4 Å². The summed E-state index contributed by atoms with van der Waals surface area (Å²) in [7, 11) is 0. The summed E-state index contributed by atoms with van der Waals surface area (Å²) in [6.07, 6.45) is 6.41. The molecule has 1 aliphatic rings. The minimum Gasteiger partial charge on any atom is -0.480 e. The van der Waals surface area contributed by atoms with Gasteiger partial charge in [-0.2, -0.15) is 0 Å². The number of nitrogens with zero attached hydrogens (tertiary/aromatic N) is 2. The summed E-state index contributed by atoms with van der Waals surface area (Å²) < 4.78 is 1.92. The molecular weight excluding hydrogens is 246 g/mol. The number of aliphatic carboxylic acids is 1. The van der Waals surface area contributed by atoms with Crippen LogP contribution in [0, 0.1) is 5.92 Å². The summed E-state index contributed by atoms with van der Waals surface area (Å²) >= 11 is 0. The van der Waals surface area contributed by atoms with Gasteiger partial charge in [-0.25, -0.2) is 9.78 Å². The second kappa shape index (κ2) is 5.86. The molecule has 0 aromatic carbocycles. The second-order valence-electron chi connectivity index (χ2n) is 4.86. The van der Waals surface area contributed by atoms with Crippen LogP contribution >= 0.6 is 0 Å². The fourth-order valence-electron chi connectivity index (χ4n) is 2.14. The molecule has 2 N–H and O–H groups in total. The Morgan fingerprint density at radius 3 is 2.89 bits per heavy atom. The van der Waals surface area contributed by atoms with Crippen LogP contribution in [0.25, 0.3) is 0 Å². The molecule has 0 saturated heterocycles. The van der Waals surface area contributed by atoms with Gasteiger partial charge in [-0.05, 0) is 18.8 Å². The molecule has 104 valence electrons. The molecule has 1 atom stereocenters. The fraction of sp³-hybridized carbons (Fsp3) is 0.615. The van der Waals surface area contributed by atoms with Crippen molar-refractivity contribution >= 4 is 11.9 Å². The molecule has 1 aliphatic carbocycles. The van der Waals surface area contributed by atoms with Gasteiger partial charge in [0.05, 0.1) is 0 Å². The first-order valence-electron chi connectivity index (χ1n) is 6.64. The predicted octanol–water partition coefficient (Wildman–Crippen LogP) is 0.815. The Labute approximate surface area is 111 Å². The van der Waals surface area contributed by atoms with Crippen LogP contribution in [-0.2, 0) is 22.6 Å². The molecular formula is C13H19N3O3. The minimum atomic E-state index is -0.937. The van der Waals surface area contributed by atoms with Crippen LogP contribution < -0.4 is 5.32 Å². The van der Waals surface area contributed by atoms with Gasteiger partial charge in [0, 0.05) is 31.8 Å². The molecule has 19 heavy (non-hydrogen) atoms. The van der Waals surface area contributed by atoms with Crippen LogP contribution in [0.4, 0.5) is 0 Å². The van der Waals surface area contributed by atoms with Crippen LogP contribution in [0.5, 0.6) is 0 Å². The number of carbonyl (C=O) groups is 2. The van der Waals surface area contributed by atoms with E-state index >= 15 is 0 Å². The average molecular weight is 265 g/mol. The maximum Gasteiger partial charge on any atom is 0.326 e. The second-order valence-corrected chi connectivity index (χ2v) is 4.86. The van der Waals surface area contributed by atoms with E-state index in [9.17, 15) is 9.59 Å². The Morgan fingerprint density at radius 1 is 1.58 bits per heavy atom. The van der Waals surface area contributed by atoms with Gasteiger partial charge < -0.3 is 15.0 Å². The molecule has 0 radical (unpaired) electrons. The number of carboxylic acids is 1. The van der Waals surface area contributed by atoms with Crippen molar-refractivity contribution in [1.29, 1.82) is 0 Å². The third-order valence-electron chi connectivity index (χ3n) is 3.37. The Hall–Kier alpha value is -1.85. The number of amides is 1. The zero-order valence-corrected chi connectivity index (χ0v) is 11.0. The Morgan fingerprint density at radius 2 is 2.32 bits per heavy atom. The van der Waals surface area contributed by atoms with Crippen molar-refractivity contribution in [2.45, 2.75) is 45.2 Å². The first-order chi connectivity index (χ1) is 9.11. The standard InChI is InChI=1S/C13H19N3O3/c1-2-10-14-6-8-16(10)7-5-11(17)15-12(13(18)19)9-3-4-9/h6,8-9,12H,2-5,7H2,1H3,(H,15,17)(H,18,19)/t12-/m0/s1. The lowest BCUT2D eigenvalue weighted by Crippen LogP contribution is -2.42. The van der Waals surface area contributed by atoms with E-state index in [1.807, 2.05) is 17.7 Å². The normalized spacial score (nSPS) is 16.1. The lowest BCUT2D eigenvalue weighted by atomic mass is 10.2. The van der Waals surface area contributed by atoms with Gasteiger partial charge in [-0.15, -0.1) is 0 Å². The van der Waals surface area contributed by atoms with Gasteiger partial charge in [0.2, 0.25) is 5.91 Å². The molecule has 0 unspecified atom stereocenters. The lowest BCUT2D eigenvalue weighted by molar-refractivity contribution is -0.142. The van der Waals surface area contributed by atoms with Crippen LogP contribution in [0.3, 0.4) is 0 Å². The molecule has 1 saturated carbocycles. The third kappa shape index (κ3) is 3.56. The Balaban J connectivity index is 1.82. The van der Waals surface area contributed by atoms with E-state index in [1.165, 1.54) is 0 Å². The summed E-state index contributed by atoms with van der Waals surface area (Å²) in [5.41, 5.74) is 0. The fourth-order valence-corrected chi connectivity index (χ4v) is 2.14.